The van der Waals surface area contributed by atoms with Crippen LogP contribution in [0.1, 0.15) is 16.1 Å². The molecule has 0 radical (unpaired) electrons. The molecule has 0 saturated carbocycles. The van der Waals surface area contributed by atoms with Crippen LogP contribution in [0.3, 0.4) is 0 Å². The fraction of sp³-hybridized carbons (Fsp3) is 0.389. The van der Waals surface area contributed by atoms with E-state index in [4.69, 9.17) is 9.47 Å². The summed E-state index contributed by atoms with van der Waals surface area (Å²) in [7, 11) is -2.41. The zero-order chi connectivity index (χ0) is 19.7. The molecule has 1 aromatic carbocycles. The largest absolute Gasteiger partial charge is 0.464 e. The first-order chi connectivity index (χ1) is 13.5. The van der Waals surface area contributed by atoms with Gasteiger partial charge in [-0.25, -0.2) is 13.2 Å². The molecule has 3 heterocycles. The normalized spacial score (nSPS) is 17.6. The molecule has 1 N–H and O–H groups in total. The Morgan fingerprint density at radius 1 is 1.14 bits per heavy atom. The van der Waals surface area contributed by atoms with Crippen LogP contribution in [0.4, 0.5) is 0 Å². The first-order valence-electron chi connectivity index (χ1n) is 8.85. The number of nitrogens with one attached hydrogen (secondary N) is 1. The Bertz CT molecular complexity index is 979. The van der Waals surface area contributed by atoms with Gasteiger partial charge in [-0.15, -0.1) is 0 Å². The minimum atomic E-state index is -3.66. The smallest absolute Gasteiger partial charge is 0.354 e. The van der Waals surface area contributed by atoms with Crippen molar-refractivity contribution in [1.82, 2.24) is 14.2 Å². The molecule has 0 amide bonds. The third kappa shape index (κ3) is 3.58. The van der Waals surface area contributed by atoms with E-state index in [0.717, 1.165) is 17.1 Å². The number of methoxy groups -OCH3 is 1. The van der Waals surface area contributed by atoms with Crippen LogP contribution < -0.4 is 9.47 Å². The number of hydrogen-bond acceptors (Lipinski definition) is 7. The van der Waals surface area contributed by atoms with E-state index in [1.165, 1.54) is 23.7 Å². The van der Waals surface area contributed by atoms with Crippen molar-refractivity contribution in [3.63, 3.8) is 0 Å². The zero-order valence-electron chi connectivity index (χ0n) is 15.4. The van der Waals surface area contributed by atoms with Gasteiger partial charge in [0.05, 0.1) is 7.11 Å². The third-order valence-corrected chi connectivity index (χ3v) is 6.75. The van der Waals surface area contributed by atoms with E-state index < -0.39 is 16.0 Å². The summed E-state index contributed by atoms with van der Waals surface area (Å²) in [6.45, 7) is 2.94. The quantitative estimate of drug-likeness (QED) is 0.739. The second-order valence-corrected chi connectivity index (χ2v) is 8.55. The van der Waals surface area contributed by atoms with E-state index in [0.29, 0.717) is 32.7 Å². The van der Waals surface area contributed by atoms with E-state index in [9.17, 15) is 13.2 Å². The number of nitrogens with zero attached hydrogens (tertiary/aromatic N) is 2. The summed E-state index contributed by atoms with van der Waals surface area (Å²) in [5.41, 5.74) is 1.21. The average molecular weight is 407 g/mol. The molecule has 4 rings (SSSR count). The predicted molar refractivity (Wildman–Crippen MR) is 98.7 cm³/mol. The number of carbonyl (C=O) groups excluding carboxylic acids is 1. The maximum atomic E-state index is 12.8. The SMILES string of the molecule is COC(=O)c1cc(S(=O)(=O)N2CCN(Cc3ccc4c(c3)OCO4)CC2)c[nH]1. The summed E-state index contributed by atoms with van der Waals surface area (Å²) in [5, 5.41) is 0. The van der Waals surface area contributed by atoms with Gasteiger partial charge in [0.1, 0.15) is 10.6 Å². The van der Waals surface area contributed by atoms with Crippen molar-refractivity contribution in [2.24, 2.45) is 0 Å². The highest BCUT2D eigenvalue weighted by Crippen LogP contribution is 2.33. The van der Waals surface area contributed by atoms with E-state index in [-0.39, 0.29) is 17.4 Å². The minimum Gasteiger partial charge on any atom is -0.464 e. The number of rotatable bonds is 5. The number of esters is 1. The number of aromatic amines is 1. The van der Waals surface area contributed by atoms with Gasteiger partial charge >= 0.3 is 5.97 Å². The molecule has 1 saturated heterocycles. The van der Waals surface area contributed by atoms with Crippen LogP contribution in [0, 0.1) is 0 Å². The molecule has 0 aliphatic carbocycles. The summed E-state index contributed by atoms with van der Waals surface area (Å²) in [6, 6.07) is 7.15. The molecule has 1 aromatic heterocycles. The number of piperazine rings is 1. The Morgan fingerprint density at radius 2 is 1.89 bits per heavy atom. The second kappa shape index (κ2) is 7.46. The lowest BCUT2D eigenvalue weighted by Gasteiger charge is -2.33. The van der Waals surface area contributed by atoms with E-state index >= 15 is 0 Å². The predicted octanol–water partition coefficient (Wildman–Crippen LogP) is 1.04. The summed E-state index contributed by atoms with van der Waals surface area (Å²) in [5.74, 6) is 0.889. The molecule has 0 unspecified atom stereocenters. The zero-order valence-corrected chi connectivity index (χ0v) is 16.2. The van der Waals surface area contributed by atoms with E-state index in [2.05, 4.69) is 14.6 Å². The van der Waals surface area contributed by atoms with Crippen LogP contribution in [0.15, 0.2) is 35.4 Å². The van der Waals surface area contributed by atoms with Gasteiger partial charge in [0.25, 0.3) is 0 Å². The fourth-order valence-electron chi connectivity index (χ4n) is 3.33. The van der Waals surface area contributed by atoms with Crippen molar-refractivity contribution in [2.45, 2.75) is 11.4 Å². The van der Waals surface area contributed by atoms with Gasteiger partial charge in [0, 0.05) is 38.9 Å². The van der Waals surface area contributed by atoms with Gasteiger partial charge in [0.2, 0.25) is 16.8 Å². The molecule has 10 heteroatoms. The first kappa shape index (κ1) is 18.8. The van der Waals surface area contributed by atoms with E-state index in [1.807, 2.05) is 18.2 Å². The number of ether oxygens (including phenoxy) is 3. The third-order valence-electron chi connectivity index (χ3n) is 4.87. The second-order valence-electron chi connectivity index (χ2n) is 6.61. The van der Waals surface area contributed by atoms with Crippen LogP contribution in [0.25, 0.3) is 0 Å². The molecule has 0 atom stereocenters. The van der Waals surface area contributed by atoms with Crippen LogP contribution in [0.2, 0.25) is 0 Å². The van der Waals surface area contributed by atoms with Gasteiger partial charge in [-0.05, 0) is 23.8 Å². The highest BCUT2D eigenvalue weighted by atomic mass is 32.2. The van der Waals surface area contributed by atoms with Crippen LogP contribution >= 0.6 is 0 Å². The lowest BCUT2D eigenvalue weighted by atomic mass is 10.2. The monoisotopic (exact) mass is 407 g/mol. The standard InChI is InChI=1S/C18H21N3O6S/c1-25-18(22)15-9-14(10-19-15)28(23,24)21-6-4-20(5-7-21)11-13-2-3-16-17(8-13)27-12-26-16/h2-3,8-10,19H,4-7,11-12H2,1H3. The Hall–Kier alpha value is -2.56. The number of H-pyrrole nitrogens is 1. The highest BCUT2D eigenvalue weighted by Gasteiger charge is 2.30. The maximum absolute atomic E-state index is 12.8. The minimum absolute atomic E-state index is 0.0668. The summed E-state index contributed by atoms with van der Waals surface area (Å²) < 4.78 is 42.4. The van der Waals surface area contributed by atoms with Crippen LogP contribution in [-0.2, 0) is 21.3 Å². The molecule has 28 heavy (non-hydrogen) atoms. The van der Waals surface area contributed by atoms with Crippen molar-refractivity contribution in [3.05, 3.63) is 41.7 Å². The Labute approximate surface area is 162 Å². The van der Waals surface area contributed by atoms with Gasteiger partial charge in [-0.3, -0.25) is 4.90 Å². The first-order valence-corrected chi connectivity index (χ1v) is 10.3. The lowest BCUT2D eigenvalue weighted by molar-refractivity contribution is 0.0594. The van der Waals surface area contributed by atoms with Gasteiger partial charge < -0.3 is 19.2 Å². The molecule has 2 aliphatic rings. The van der Waals surface area contributed by atoms with Crippen molar-refractivity contribution < 1.29 is 27.4 Å². The molecular formula is C18H21N3O6S. The van der Waals surface area contributed by atoms with Crippen molar-refractivity contribution >= 4 is 16.0 Å². The molecule has 150 valence electrons. The highest BCUT2D eigenvalue weighted by molar-refractivity contribution is 7.89. The van der Waals surface area contributed by atoms with Gasteiger partial charge in [-0.1, -0.05) is 6.07 Å². The number of benzene rings is 1. The molecular weight excluding hydrogens is 386 g/mol. The number of carbonyl (C=O) groups is 1. The fourth-order valence-corrected chi connectivity index (χ4v) is 4.74. The Balaban J connectivity index is 1.38. The average Bonchev–Trinajstić information content (AvgIpc) is 3.37. The Kier molecular flexibility index (Phi) is 5.00. The van der Waals surface area contributed by atoms with Crippen LogP contribution in [0.5, 0.6) is 11.5 Å². The van der Waals surface area contributed by atoms with E-state index in [1.54, 1.807) is 0 Å². The topological polar surface area (TPSA) is 101 Å². The molecule has 0 bridgehead atoms. The van der Waals surface area contributed by atoms with Crippen LogP contribution in [-0.4, -0.2) is 68.7 Å². The maximum Gasteiger partial charge on any atom is 0.354 e. The number of aromatic nitrogens is 1. The summed E-state index contributed by atoms with van der Waals surface area (Å²) in [4.78, 5) is 16.4. The van der Waals surface area contributed by atoms with Crippen molar-refractivity contribution in [1.29, 1.82) is 0 Å². The van der Waals surface area contributed by atoms with Crippen molar-refractivity contribution in [2.75, 3.05) is 40.1 Å². The molecule has 0 spiro atoms. The Morgan fingerprint density at radius 3 is 2.64 bits per heavy atom. The van der Waals surface area contributed by atoms with Gasteiger partial charge in [0.15, 0.2) is 11.5 Å². The summed E-state index contributed by atoms with van der Waals surface area (Å²) >= 11 is 0. The molecule has 9 nitrogen and oxygen atoms in total. The molecule has 2 aliphatic heterocycles. The summed E-state index contributed by atoms with van der Waals surface area (Å²) in [6.07, 6.45) is 1.32. The molecule has 2 aromatic rings. The van der Waals surface area contributed by atoms with Gasteiger partial charge in [-0.2, -0.15) is 4.31 Å². The lowest BCUT2D eigenvalue weighted by Crippen LogP contribution is -2.48. The van der Waals surface area contributed by atoms with Crippen molar-refractivity contribution in [3.8, 4) is 11.5 Å². The number of hydrogen-bond donors (Lipinski definition) is 1. The number of sulfonamides is 1. The molecule has 1 fully saturated rings. The number of fused-ring (bicyclic) bond motifs is 1.